The number of H-pyrrole nitrogens is 1. The Balaban J connectivity index is 2.50. The monoisotopic (exact) mass is 279 g/mol. The van der Waals surface area contributed by atoms with Crippen LogP contribution in [0.2, 0.25) is 0 Å². The van der Waals surface area contributed by atoms with E-state index in [4.69, 9.17) is 4.74 Å². The van der Waals surface area contributed by atoms with Gasteiger partial charge in [0, 0.05) is 20.1 Å². The molecule has 2 rings (SSSR count). The van der Waals surface area contributed by atoms with Crippen LogP contribution in [0.4, 0.5) is 5.82 Å². The molecular weight excluding hydrogens is 258 g/mol. The van der Waals surface area contributed by atoms with Gasteiger partial charge in [-0.05, 0) is 20.3 Å². The van der Waals surface area contributed by atoms with Crippen LogP contribution in [0.25, 0.3) is 0 Å². The average molecular weight is 279 g/mol. The fraction of sp³-hybridized carbons (Fsp3) is 0.571. The minimum atomic E-state index is -0.377. The lowest BCUT2D eigenvalue weighted by Crippen LogP contribution is -2.43. The standard InChI is InChI=1S/C14H21N3O3/c1-10(2)4-5-11-12(17-6-8-20-9-7-17)15-14(19)16(3)13(11)18/h4H,5-9H2,1-3H3,(H,15,19). The summed E-state index contributed by atoms with van der Waals surface area (Å²) in [5, 5.41) is 0. The Labute approximate surface area is 117 Å². The largest absolute Gasteiger partial charge is 0.378 e. The number of allylic oxidation sites excluding steroid dienone is 2. The molecule has 1 aliphatic heterocycles. The molecule has 1 aliphatic rings. The summed E-state index contributed by atoms with van der Waals surface area (Å²) in [5.74, 6) is 0.638. The van der Waals surface area contributed by atoms with Gasteiger partial charge in [0.1, 0.15) is 5.82 Å². The zero-order valence-electron chi connectivity index (χ0n) is 12.2. The van der Waals surface area contributed by atoms with E-state index in [-0.39, 0.29) is 11.2 Å². The molecule has 0 bridgehead atoms. The van der Waals surface area contributed by atoms with Crippen molar-refractivity contribution >= 4 is 5.82 Å². The Bertz CT molecular complexity index is 618. The first kappa shape index (κ1) is 14.6. The minimum absolute atomic E-state index is 0.229. The van der Waals surface area contributed by atoms with Crippen LogP contribution in [0.1, 0.15) is 19.4 Å². The minimum Gasteiger partial charge on any atom is -0.378 e. The van der Waals surface area contributed by atoms with Crippen LogP contribution in [0.5, 0.6) is 0 Å². The van der Waals surface area contributed by atoms with Crippen LogP contribution in [0.15, 0.2) is 21.2 Å². The molecule has 1 saturated heterocycles. The Kier molecular flexibility index (Phi) is 4.44. The number of morpholine rings is 1. The number of ether oxygens (including phenoxy) is 1. The van der Waals surface area contributed by atoms with E-state index in [1.807, 2.05) is 24.8 Å². The summed E-state index contributed by atoms with van der Waals surface area (Å²) in [5.41, 5.74) is 1.17. The molecule has 0 amide bonds. The molecule has 0 radical (unpaired) electrons. The summed E-state index contributed by atoms with van der Waals surface area (Å²) >= 11 is 0. The Morgan fingerprint density at radius 2 is 1.95 bits per heavy atom. The van der Waals surface area contributed by atoms with Crippen LogP contribution in [-0.4, -0.2) is 35.9 Å². The molecule has 0 atom stereocenters. The van der Waals surface area contributed by atoms with Crippen LogP contribution in [0.3, 0.4) is 0 Å². The number of hydrogen-bond acceptors (Lipinski definition) is 4. The second-order valence-corrected chi connectivity index (χ2v) is 5.21. The van der Waals surface area contributed by atoms with E-state index >= 15 is 0 Å². The number of aromatic amines is 1. The third-order valence-corrected chi connectivity index (χ3v) is 3.42. The zero-order chi connectivity index (χ0) is 14.7. The van der Waals surface area contributed by atoms with E-state index in [1.54, 1.807) is 0 Å². The first-order valence-electron chi connectivity index (χ1n) is 6.79. The third-order valence-electron chi connectivity index (χ3n) is 3.42. The van der Waals surface area contributed by atoms with Crippen molar-refractivity contribution in [3.63, 3.8) is 0 Å². The summed E-state index contributed by atoms with van der Waals surface area (Å²) in [4.78, 5) is 29.0. The van der Waals surface area contributed by atoms with E-state index < -0.39 is 0 Å². The topological polar surface area (TPSA) is 67.3 Å². The Hall–Kier alpha value is -1.82. The van der Waals surface area contributed by atoms with Crippen molar-refractivity contribution in [1.29, 1.82) is 0 Å². The highest BCUT2D eigenvalue weighted by molar-refractivity contribution is 5.47. The molecule has 1 fully saturated rings. The van der Waals surface area contributed by atoms with Gasteiger partial charge in [0.25, 0.3) is 5.56 Å². The molecule has 2 heterocycles. The summed E-state index contributed by atoms with van der Waals surface area (Å²) in [6.45, 7) is 6.57. The number of anilines is 1. The molecule has 0 spiro atoms. The molecule has 6 heteroatoms. The van der Waals surface area contributed by atoms with Crippen LogP contribution in [-0.2, 0) is 18.2 Å². The highest BCUT2D eigenvalue weighted by Crippen LogP contribution is 2.15. The van der Waals surface area contributed by atoms with E-state index in [2.05, 4.69) is 4.98 Å². The van der Waals surface area contributed by atoms with E-state index in [1.165, 1.54) is 7.05 Å². The maximum absolute atomic E-state index is 12.3. The molecule has 0 aliphatic carbocycles. The van der Waals surface area contributed by atoms with Crippen molar-refractivity contribution in [1.82, 2.24) is 9.55 Å². The number of nitrogens with zero attached hydrogens (tertiary/aromatic N) is 2. The SMILES string of the molecule is CC(C)=CCc1c(N2CCOCC2)[nH]c(=O)n(C)c1=O. The number of rotatable bonds is 3. The van der Waals surface area contributed by atoms with Gasteiger partial charge in [0.2, 0.25) is 0 Å². The summed E-state index contributed by atoms with van der Waals surface area (Å²) in [7, 11) is 1.50. The summed E-state index contributed by atoms with van der Waals surface area (Å²) in [6, 6.07) is 0. The van der Waals surface area contributed by atoms with Gasteiger partial charge in [-0.1, -0.05) is 11.6 Å². The highest BCUT2D eigenvalue weighted by atomic mass is 16.5. The second-order valence-electron chi connectivity index (χ2n) is 5.21. The number of nitrogens with one attached hydrogen (secondary N) is 1. The molecular formula is C14H21N3O3. The van der Waals surface area contributed by atoms with Crippen molar-refractivity contribution in [3.8, 4) is 0 Å². The summed E-state index contributed by atoms with van der Waals surface area (Å²) in [6.07, 6.45) is 2.53. The zero-order valence-corrected chi connectivity index (χ0v) is 12.2. The Morgan fingerprint density at radius 1 is 1.30 bits per heavy atom. The normalized spacial score (nSPS) is 15.2. The molecule has 110 valence electrons. The molecule has 0 unspecified atom stereocenters. The predicted octanol–water partition coefficient (Wildman–Crippen LogP) is 0.419. The molecule has 1 N–H and O–H groups in total. The maximum atomic E-state index is 12.3. The highest BCUT2D eigenvalue weighted by Gasteiger charge is 2.19. The fourth-order valence-electron chi connectivity index (χ4n) is 2.20. The van der Waals surface area contributed by atoms with Crippen molar-refractivity contribution in [2.24, 2.45) is 7.05 Å². The Morgan fingerprint density at radius 3 is 2.55 bits per heavy atom. The quantitative estimate of drug-likeness (QED) is 0.814. The van der Waals surface area contributed by atoms with Gasteiger partial charge in [0.15, 0.2) is 0 Å². The lowest BCUT2D eigenvalue weighted by atomic mass is 10.1. The first-order valence-corrected chi connectivity index (χ1v) is 6.79. The van der Waals surface area contributed by atoms with E-state index in [9.17, 15) is 9.59 Å². The lowest BCUT2D eigenvalue weighted by Gasteiger charge is -2.29. The molecule has 20 heavy (non-hydrogen) atoms. The van der Waals surface area contributed by atoms with Crippen LogP contribution >= 0.6 is 0 Å². The fourth-order valence-corrected chi connectivity index (χ4v) is 2.20. The third kappa shape index (κ3) is 3.01. The van der Waals surface area contributed by atoms with Crippen molar-refractivity contribution < 1.29 is 4.74 Å². The first-order chi connectivity index (χ1) is 9.50. The van der Waals surface area contributed by atoms with Crippen LogP contribution < -0.4 is 16.1 Å². The smallest absolute Gasteiger partial charge is 0.329 e. The van der Waals surface area contributed by atoms with Crippen molar-refractivity contribution in [2.45, 2.75) is 20.3 Å². The second kappa shape index (κ2) is 6.09. The molecule has 0 saturated carbocycles. The lowest BCUT2D eigenvalue weighted by molar-refractivity contribution is 0.122. The molecule has 0 aromatic carbocycles. The van der Waals surface area contributed by atoms with Gasteiger partial charge in [-0.15, -0.1) is 0 Å². The molecule has 1 aromatic rings. The van der Waals surface area contributed by atoms with E-state index in [0.29, 0.717) is 44.1 Å². The van der Waals surface area contributed by atoms with Crippen molar-refractivity contribution in [3.05, 3.63) is 38.1 Å². The number of hydrogen-bond donors (Lipinski definition) is 1. The van der Waals surface area contributed by atoms with Gasteiger partial charge in [-0.2, -0.15) is 0 Å². The molecule has 6 nitrogen and oxygen atoms in total. The van der Waals surface area contributed by atoms with Gasteiger partial charge in [-0.3, -0.25) is 14.3 Å². The van der Waals surface area contributed by atoms with Gasteiger partial charge < -0.3 is 9.64 Å². The van der Waals surface area contributed by atoms with Crippen molar-refractivity contribution in [2.75, 3.05) is 31.2 Å². The van der Waals surface area contributed by atoms with Crippen LogP contribution in [0, 0.1) is 0 Å². The van der Waals surface area contributed by atoms with E-state index in [0.717, 1.165) is 10.1 Å². The van der Waals surface area contributed by atoms with Gasteiger partial charge in [-0.25, -0.2) is 4.79 Å². The van der Waals surface area contributed by atoms with Gasteiger partial charge in [0.05, 0.1) is 18.8 Å². The summed E-state index contributed by atoms with van der Waals surface area (Å²) < 4.78 is 6.44. The molecule has 1 aromatic heterocycles. The average Bonchev–Trinajstić information content (AvgIpc) is 2.44. The number of aromatic nitrogens is 2. The van der Waals surface area contributed by atoms with Gasteiger partial charge >= 0.3 is 5.69 Å². The predicted molar refractivity (Wildman–Crippen MR) is 78.5 cm³/mol. The maximum Gasteiger partial charge on any atom is 0.329 e.